The topological polar surface area (TPSA) is 70.3 Å². The fourth-order valence-corrected chi connectivity index (χ4v) is 7.48. The molecule has 0 fully saturated rings. The first-order chi connectivity index (χ1) is 25.4. The summed E-state index contributed by atoms with van der Waals surface area (Å²) in [5.41, 5.74) is 16.7. The second kappa shape index (κ2) is 14.0. The predicted octanol–water partition coefficient (Wildman–Crippen LogP) is 8.02. The number of nitrogens with one attached hydrogen (secondary N) is 2. The molecule has 9 heteroatoms. The van der Waals surface area contributed by atoms with Gasteiger partial charge in [-0.15, -0.1) is 0 Å². The summed E-state index contributed by atoms with van der Waals surface area (Å²) in [7, 11) is 8.39. The van der Waals surface area contributed by atoms with E-state index in [2.05, 4.69) is 180 Å². The summed E-state index contributed by atoms with van der Waals surface area (Å²) >= 11 is 0. The van der Waals surface area contributed by atoms with Crippen molar-refractivity contribution in [1.82, 2.24) is 39.5 Å². The summed E-state index contributed by atoms with van der Waals surface area (Å²) in [6.45, 7) is 3.31. The number of hydrogen-bond acceptors (Lipinski definition) is 6. The Labute approximate surface area is 321 Å². The summed E-state index contributed by atoms with van der Waals surface area (Å²) < 4.78 is 0. The zero-order valence-electron chi connectivity index (χ0n) is 30.4. The quantitative estimate of drug-likeness (QED) is 0.182. The largest absolute Gasteiger partial charge is 0.377 e. The molecule has 2 N–H and O–H groups in total. The van der Waals surface area contributed by atoms with Crippen LogP contribution in [0.3, 0.4) is 0 Å². The molecule has 0 aliphatic carbocycles. The van der Waals surface area contributed by atoms with Gasteiger partial charge in [-0.1, -0.05) is 24.3 Å². The molecule has 0 unspecified atom stereocenters. The average molecular weight is 739 g/mol. The van der Waals surface area contributed by atoms with E-state index in [9.17, 15) is 0 Å². The summed E-state index contributed by atoms with van der Waals surface area (Å²) in [5, 5.41) is 0. The third-order valence-corrected chi connectivity index (χ3v) is 10.3. The number of hydrogen-bond donors (Lipinski definition) is 2. The smallest absolute Gasteiger partial charge is 0.0737 e. The molecule has 0 spiro atoms. The van der Waals surface area contributed by atoms with E-state index in [1.807, 2.05) is 0 Å². The van der Waals surface area contributed by atoms with Crippen molar-refractivity contribution in [1.29, 1.82) is 0 Å². The summed E-state index contributed by atoms with van der Waals surface area (Å²) in [5.74, 6) is 0. The van der Waals surface area contributed by atoms with E-state index < -0.39 is 0 Å². The van der Waals surface area contributed by atoms with E-state index in [4.69, 9.17) is 9.97 Å². The van der Waals surface area contributed by atoms with Gasteiger partial charge in [-0.05, 0) is 120 Å². The van der Waals surface area contributed by atoms with Gasteiger partial charge in [-0.2, -0.15) is 0 Å². The molecule has 8 nitrogen and oxygen atoms in total. The van der Waals surface area contributed by atoms with Gasteiger partial charge in [0.15, 0.2) is 0 Å². The van der Waals surface area contributed by atoms with Gasteiger partial charge in [-0.3, -0.25) is 0 Å². The van der Waals surface area contributed by atoms with Gasteiger partial charge >= 0.3 is 0 Å². The molecule has 9 rings (SSSR count). The number of nitrogens with zero attached hydrogens (tertiary/aromatic N) is 6. The molecule has 8 bridgehead atoms. The van der Waals surface area contributed by atoms with Crippen LogP contribution < -0.4 is 0 Å². The Morgan fingerprint density at radius 3 is 0.849 bits per heavy atom. The van der Waals surface area contributed by atoms with Crippen molar-refractivity contribution in [3.8, 4) is 0 Å². The van der Waals surface area contributed by atoms with Crippen molar-refractivity contribution < 1.29 is 17.1 Å². The van der Waals surface area contributed by atoms with Crippen LogP contribution in [0.25, 0.3) is 68.7 Å². The minimum Gasteiger partial charge on any atom is -0.377 e. The van der Waals surface area contributed by atoms with Crippen LogP contribution in [0.1, 0.15) is 45.0 Å². The van der Waals surface area contributed by atoms with Gasteiger partial charge in [-0.25, -0.2) is 9.97 Å². The zero-order valence-corrected chi connectivity index (χ0v) is 31.5. The minimum atomic E-state index is 0. The van der Waals surface area contributed by atoms with Crippen LogP contribution in [0.2, 0.25) is 0 Å². The number of fused-ring (bicyclic) bond motifs is 8. The number of aromatic nitrogens is 4. The molecular formula is C44H42FeN8. The maximum atomic E-state index is 5.43. The second-order valence-electron chi connectivity index (χ2n) is 14.2. The first kappa shape index (κ1) is 34.3. The van der Waals surface area contributed by atoms with Crippen molar-refractivity contribution >= 4 is 68.7 Å². The third-order valence-electron chi connectivity index (χ3n) is 10.3. The van der Waals surface area contributed by atoms with Crippen LogP contribution in [-0.4, -0.2) is 93.9 Å². The molecule has 0 aromatic carbocycles. The van der Waals surface area contributed by atoms with Crippen LogP contribution in [-0.2, 0) is 17.1 Å². The summed E-state index contributed by atoms with van der Waals surface area (Å²) in [4.78, 5) is 27.3. The molecule has 6 aliphatic rings. The molecule has 3 aromatic rings. The van der Waals surface area contributed by atoms with Crippen molar-refractivity contribution in [2.45, 2.75) is 0 Å². The molecule has 3 aromatic heterocycles. The Hall–Kier alpha value is -5.76. The second-order valence-corrected chi connectivity index (χ2v) is 14.2. The van der Waals surface area contributed by atoms with Crippen LogP contribution in [0.15, 0.2) is 97.7 Å². The molecular weight excluding hydrogens is 696 g/mol. The number of likely N-dealkylation sites (N-methyl/N-ethyl adjacent to an activating group) is 4. The Morgan fingerprint density at radius 2 is 0.642 bits per heavy atom. The SMILES string of the molecule is CN1C=CC(c2c3nc(c(C4=CCN(C)C=C4)c4ccc([nH]4)c(C4=CCN(C)C=C4)c4nc(c(C5=CCN(C)C=C5)c5ccc2[nH]5)C=C4)C=C3)=CC1.[Fe]. The van der Waals surface area contributed by atoms with Gasteiger partial charge in [0.05, 0.1) is 22.8 Å². The van der Waals surface area contributed by atoms with Crippen molar-refractivity contribution in [2.24, 2.45) is 0 Å². The van der Waals surface area contributed by atoms with E-state index in [1.54, 1.807) is 0 Å². The monoisotopic (exact) mass is 738 g/mol. The van der Waals surface area contributed by atoms with Crippen molar-refractivity contribution in [3.63, 3.8) is 0 Å². The van der Waals surface area contributed by atoms with Crippen LogP contribution in [0.5, 0.6) is 0 Å². The van der Waals surface area contributed by atoms with Gasteiger partial charge in [0, 0.05) is 116 Å². The predicted molar refractivity (Wildman–Crippen MR) is 218 cm³/mol. The maximum Gasteiger partial charge on any atom is 0.0737 e. The zero-order chi connectivity index (χ0) is 35.3. The molecule has 0 saturated heterocycles. The Kier molecular flexibility index (Phi) is 9.06. The number of allylic oxidation sites excluding steroid dienone is 8. The van der Waals surface area contributed by atoms with Gasteiger partial charge in [0.1, 0.15) is 0 Å². The van der Waals surface area contributed by atoms with Crippen LogP contribution in [0, 0.1) is 0 Å². The van der Waals surface area contributed by atoms with Crippen molar-refractivity contribution in [2.75, 3.05) is 54.4 Å². The average Bonchev–Trinajstić information content (AvgIpc) is 3.99. The van der Waals surface area contributed by atoms with Crippen LogP contribution >= 0.6 is 0 Å². The van der Waals surface area contributed by atoms with E-state index >= 15 is 0 Å². The molecule has 0 amide bonds. The van der Waals surface area contributed by atoms with Gasteiger partial charge in [0.25, 0.3) is 0 Å². The van der Waals surface area contributed by atoms with Crippen LogP contribution in [0.4, 0.5) is 0 Å². The molecule has 53 heavy (non-hydrogen) atoms. The molecule has 266 valence electrons. The van der Waals surface area contributed by atoms with E-state index in [-0.39, 0.29) is 17.1 Å². The van der Waals surface area contributed by atoms with Crippen molar-refractivity contribution in [3.05, 3.63) is 143 Å². The summed E-state index contributed by atoms with van der Waals surface area (Å²) in [6, 6.07) is 8.79. The molecule has 0 radical (unpaired) electrons. The summed E-state index contributed by atoms with van der Waals surface area (Å²) in [6.07, 6.45) is 35.2. The first-order valence-corrected chi connectivity index (χ1v) is 17.9. The van der Waals surface area contributed by atoms with E-state index in [0.29, 0.717) is 0 Å². The first-order valence-electron chi connectivity index (χ1n) is 17.9. The molecule has 0 atom stereocenters. The normalized spacial score (nSPS) is 17.6. The third kappa shape index (κ3) is 6.47. The van der Waals surface area contributed by atoms with Gasteiger partial charge in [0.2, 0.25) is 0 Å². The fourth-order valence-electron chi connectivity index (χ4n) is 7.48. The number of aromatic amines is 2. The molecule has 6 aliphatic heterocycles. The Bertz CT molecular complexity index is 2160. The minimum absolute atomic E-state index is 0. The fraction of sp³-hybridized carbons (Fsp3) is 0.182. The Morgan fingerprint density at radius 1 is 0.396 bits per heavy atom. The van der Waals surface area contributed by atoms with E-state index in [1.165, 1.54) is 0 Å². The molecule has 9 heterocycles. The number of H-pyrrole nitrogens is 2. The Balaban J connectivity index is 0.00000400. The number of rotatable bonds is 4. The van der Waals surface area contributed by atoms with Gasteiger partial charge < -0.3 is 29.6 Å². The molecule has 0 saturated carbocycles. The standard InChI is InChI=1S/C44H42N8.Fe/c1-49-21-13-29(14-22-49)41-33-5-7-35(45-33)42(30-15-23-50(2)24-16-30)37-9-11-39(47-37)44(32-19-27-52(4)28-20-32)40-12-10-38(48-40)43(36-8-6-34(41)46-36)31-17-25-51(3)26-18-31;/h5-21,23,25,27,45,48H,22,24,26,28H2,1-4H3;. The van der Waals surface area contributed by atoms with E-state index in [0.717, 1.165) is 116 Å². The maximum absolute atomic E-state index is 5.43.